The summed E-state index contributed by atoms with van der Waals surface area (Å²) >= 11 is 0. The maximum atomic E-state index is 12.5. The van der Waals surface area contributed by atoms with E-state index < -0.39 is 5.60 Å². The smallest absolute Gasteiger partial charge is 0.252 e. The van der Waals surface area contributed by atoms with E-state index in [4.69, 9.17) is 4.74 Å². The molecule has 0 unspecified atom stereocenters. The van der Waals surface area contributed by atoms with Crippen molar-refractivity contribution in [1.29, 1.82) is 0 Å². The average Bonchev–Trinajstić information content (AvgIpc) is 3.06. The molecule has 0 bridgehead atoms. The highest BCUT2D eigenvalue weighted by atomic mass is 16.5. The largest absolute Gasteiger partial charge is 0.368 e. The molecule has 2 amide bonds. The molecule has 0 aliphatic carbocycles. The monoisotopic (exact) mass is 331 g/mol. The van der Waals surface area contributed by atoms with Crippen molar-refractivity contribution in [2.24, 2.45) is 0 Å². The molecule has 0 radical (unpaired) electrons. The zero-order chi connectivity index (χ0) is 17.0. The summed E-state index contributed by atoms with van der Waals surface area (Å²) in [5.74, 6) is 0.134. The van der Waals surface area contributed by atoms with Crippen molar-refractivity contribution in [3.05, 3.63) is 29.8 Å². The number of hydrogen-bond donors (Lipinski definition) is 2. The molecule has 1 aromatic rings. The summed E-state index contributed by atoms with van der Waals surface area (Å²) in [5, 5.41) is 6.23. The van der Waals surface area contributed by atoms with Crippen LogP contribution in [0.4, 0.5) is 5.69 Å². The molecule has 0 spiro atoms. The number of hydrogen-bond acceptors (Lipinski definition) is 4. The van der Waals surface area contributed by atoms with Gasteiger partial charge >= 0.3 is 0 Å². The van der Waals surface area contributed by atoms with Gasteiger partial charge in [-0.15, -0.1) is 0 Å². The third kappa shape index (κ3) is 3.44. The van der Waals surface area contributed by atoms with Crippen LogP contribution in [0.5, 0.6) is 0 Å². The number of piperidine rings is 1. The molecular formula is C18H25N3O3. The van der Waals surface area contributed by atoms with Crippen molar-refractivity contribution >= 4 is 17.5 Å². The summed E-state index contributed by atoms with van der Waals surface area (Å²) in [6.45, 7) is 2.84. The van der Waals surface area contributed by atoms with Crippen molar-refractivity contribution in [2.75, 3.05) is 31.6 Å². The zero-order valence-corrected chi connectivity index (χ0v) is 14.1. The molecule has 2 fully saturated rings. The lowest BCUT2D eigenvalue weighted by Crippen LogP contribution is -2.53. The second-order valence-electron chi connectivity index (χ2n) is 6.45. The summed E-state index contributed by atoms with van der Waals surface area (Å²) in [6.07, 6.45) is 2.92. The Kier molecular flexibility index (Phi) is 5.16. The third-order valence-corrected chi connectivity index (χ3v) is 4.99. The van der Waals surface area contributed by atoms with E-state index in [-0.39, 0.29) is 11.8 Å². The first kappa shape index (κ1) is 16.9. The Morgan fingerprint density at radius 1 is 1.29 bits per heavy atom. The molecule has 3 rings (SSSR count). The number of amides is 2. The fourth-order valence-electron chi connectivity index (χ4n) is 3.41. The molecule has 6 nitrogen and oxygen atoms in total. The Hall–Kier alpha value is -1.92. The zero-order valence-electron chi connectivity index (χ0n) is 14.1. The minimum absolute atomic E-state index is 0.0507. The van der Waals surface area contributed by atoms with Crippen LogP contribution in [0.3, 0.4) is 0 Å². The van der Waals surface area contributed by atoms with Crippen LogP contribution in [0, 0.1) is 0 Å². The molecule has 2 N–H and O–H groups in total. The van der Waals surface area contributed by atoms with Gasteiger partial charge < -0.3 is 20.3 Å². The molecule has 0 saturated carbocycles. The molecular weight excluding hydrogens is 306 g/mol. The normalized spacial score (nSPS) is 20.2. The number of methoxy groups -OCH3 is 1. The van der Waals surface area contributed by atoms with Crippen molar-refractivity contribution in [3.8, 4) is 0 Å². The van der Waals surface area contributed by atoms with Gasteiger partial charge in [0.2, 0.25) is 5.91 Å². The lowest BCUT2D eigenvalue weighted by molar-refractivity contribution is -0.146. The number of benzene rings is 1. The molecule has 6 heteroatoms. The van der Waals surface area contributed by atoms with E-state index in [1.807, 2.05) is 29.2 Å². The molecule has 24 heavy (non-hydrogen) atoms. The first-order valence-electron chi connectivity index (χ1n) is 8.58. The van der Waals surface area contributed by atoms with Crippen LogP contribution in [-0.4, -0.2) is 44.2 Å². The SMILES string of the molecule is COC1(C(=O)NCc2ccc(N3CCCC3=O)cc2)CCNCC1. The van der Waals surface area contributed by atoms with Gasteiger partial charge in [-0.2, -0.15) is 0 Å². The predicted octanol–water partition coefficient (Wildman–Crippen LogP) is 1.20. The van der Waals surface area contributed by atoms with E-state index in [2.05, 4.69) is 10.6 Å². The van der Waals surface area contributed by atoms with Crippen molar-refractivity contribution < 1.29 is 14.3 Å². The molecule has 130 valence electrons. The van der Waals surface area contributed by atoms with Gasteiger partial charge in [-0.25, -0.2) is 0 Å². The number of ether oxygens (including phenoxy) is 1. The average molecular weight is 331 g/mol. The highest BCUT2D eigenvalue weighted by Crippen LogP contribution is 2.24. The maximum Gasteiger partial charge on any atom is 0.252 e. The Labute approximate surface area is 142 Å². The van der Waals surface area contributed by atoms with Crippen LogP contribution < -0.4 is 15.5 Å². The molecule has 0 atom stereocenters. The third-order valence-electron chi connectivity index (χ3n) is 4.99. The second kappa shape index (κ2) is 7.32. The van der Waals surface area contributed by atoms with Gasteiger partial charge in [-0.1, -0.05) is 12.1 Å². The highest BCUT2D eigenvalue weighted by molar-refractivity contribution is 5.95. The van der Waals surface area contributed by atoms with Crippen LogP contribution in [0.15, 0.2) is 24.3 Å². The highest BCUT2D eigenvalue weighted by Gasteiger charge is 2.39. The van der Waals surface area contributed by atoms with Crippen molar-refractivity contribution in [2.45, 2.75) is 37.8 Å². The Bertz CT molecular complexity index is 594. The number of nitrogens with one attached hydrogen (secondary N) is 2. The van der Waals surface area contributed by atoms with Crippen molar-refractivity contribution in [1.82, 2.24) is 10.6 Å². The number of anilines is 1. The molecule has 0 aromatic heterocycles. The van der Waals surface area contributed by atoms with Gasteiger partial charge in [0.15, 0.2) is 0 Å². The molecule has 2 aliphatic heterocycles. The quantitative estimate of drug-likeness (QED) is 0.850. The Balaban J connectivity index is 1.58. The van der Waals surface area contributed by atoms with E-state index in [0.717, 1.165) is 37.3 Å². The topological polar surface area (TPSA) is 70.7 Å². The predicted molar refractivity (Wildman–Crippen MR) is 91.7 cm³/mol. The standard InChI is InChI=1S/C18H25N3O3/c1-24-18(8-10-19-11-9-18)17(23)20-13-14-4-6-15(7-5-14)21-12-2-3-16(21)22/h4-7,19H,2-3,8-13H2,1H3,(H,20,23). The van der Waals surface area contributed by atoms with Gasteiger partial charge in [0.1, 0.15) is 5.60 Å². The molecule has 2 aliphatic rings. The van der Waals surface area contributed by atoms with Gasteiger partial charge in [0.25, 0.3) is 5.91 Å². The van der Waals surface area contributed by atoms with Crippen LogP contribution in [0.25, 0.3) is 0 Å². The van der Waals surface area contributed by atoms with Gasteiger partial charge in [0.05, 0.1) is 0 Å². The summed E-state index contributed by atoms with van der Waals surface area (Å²) in [4.78, 5) is 26.1. The van der Waals surface area contributed by atoms with Crippen LogP contribution in [-0.2, 0) is 20.9 Å². The van der Waals surface area contributed by atoms with E-state index in [1.54, 1.807) is 7.11 Å². The number of carbonyl (C=O) groups excluding carboxylic acids is 2. The van der Waals surface area contributed by atoms with Gasteiger partial charge in [-0.05, 0) is 50.0 Å². The first-order valence-corrected chi connectivity index (χ1v) is 8.58. The summed E-state index contributed by atoms with van der Waals surface area (Å²) in [7, 11) is 1.60. The lowest BCUT2D eigenvalue weighted by Gasteiger charge is -2.34. The van der Waals surface area contributed by atoms with E-state index in [9.17, 15) is 9.59 Å². The number of rotatable bonds is 5. The number of nitrogens with zero attached hydrogens (tertiary/aromatic N) is 1. The Morgan fingerprint density at radius 2 is 2.00 bits per heavy atom. The van der Waals surface area contributed by atoms with Crippen LogP contribution in [0.2, 0.25) is 0 Å². The summed E-state index contributed by atoms with van der Waals surface area (Å²) in [6, 6.07) is 7.81. The first-order chi connectivity index (χ1) is 11.6. The van der Waals surface area contributed by atoms with Crippen LogP contribution >= 0.6 is 0 Å². The fraction of sp³-hybridized carbons (Fsp3) is 0.556. The molecule has 2 saturated heterocycles. The summed E-state index contributed by atoms with van der Waals surface area (Å²) < 4.78 is 5.53. The minimum atomic E-state index is -0.715. The van der Waals surface area contributed by atoms with E-state index in [1.165, 1.54) is 0 Å². The Morgan fingerprint density at radius 3 is 2.58 bits per heavy atom. The number of carbonyl (C=O) groups is 2. The maximum absolute atomic E-state index is 12.5. The van der Waals surface area contributed by atoms with Crippen LogP contribution in [0.1, 0.15) is 31.2 Å². The second-order valence-corrected chi connectivity index (χ2v) is 6.45. The minimum Gasteiger partial charge on any atom is -0.368 e. The molecule has 1 aromatic carbocycles. The lowest BCUT2D eigenvalue weighted by atomic mass is 9.91. The van der Waals surface area contributed by atoms with Gasteiger partial charge in [0, 0.05) is 32.3 Å². The fourth-order valence-corrected chi connectivity index (χ4v) is 3.41. The van der Waals surface area contributed by atoms with E-state index >= 15 is 0 Å². The van der Waals surface area contributed by atoms with Gasteiger partial charge in [-0.3, -0.25) is 9.59 Å². The van der Waals surface area contributed by atoms with Crippen molar-refractivity contribution in [3.63, 3.8) is 0 Å². The summed E-state index contributed by atoms with van der Waals surface area (Å²) in [5.41, 5.74) is 1.23. The molecule has 2 heterocycles. The van der Waals surface area contributed by atoms with E-state index in [0.29, 0.717) is 25.8 Å².